The predicted molar refractivity (Wildman–Crippen MR) is 178 cm³/mol. The fourth-order valence-electron chi connectivity index (χ4n) is 5.93. The van der Waals surface area contributed by atoms with E-state index in [0.717, 1.165) is 56.1 Å². The molecule has 0 fully saturated rings. The van der Waals surface area contributed by atoms with Crippen LogP contribution in [0.2, 0.25) is 0 Å². The molecular weight excluding hydrogens is 522 g/mol. The maximum Gasteiger partial charge on any atom is 0.137 e. The van der Waals surface area contributed by atoms with Gasteiger partial charge in [0.25, 0.3) is 0 Å². The first-order chi connectivity index (χ1) is 21.3. The molecule has 0 spiro atoms. The number of imidazole rings is 1. The van der Waals surface area contributed by atoms with E-state index >= 15 is 0 Å². The molecule has 0 bridgehead atoms. The van der Waals surface area contributed by atoms with Crippen molar-refractivity contribution in [2.24, 2.45) is 0 Å². The van der Waals surface area contributed by atoms with Crippen LogP contribution in [0.15, 0.2) is 164 Å². The molecule has 8 rings (SSSR count). The van der Waals surface area contributed by atoms with E-state index in [1.54, 1.807) is 0 Å². The lowest BCUT2D eigenvalue weighted by Crippen LogP contribution is -1.91. The number of hydrogen-bond acceptors (Lipinski definition) is 2. The lowest BCUT2D eigenvalue weighted by molar-refractivity contribution is 1.19. The third-order valence-electron chi connectivity index (χ3n) is 8.02. The summed E-state index contributed by atoms with van der Waals surface area (Å²) in [5, 5.41) is 2.47. The van der Waals surface area contributed by atoms with Crippen LogP contribution in [0.3, 0.4) is 0 Å². The van der Waals surface area contributed by atoms with E-state index in [-0.39, 0.29) is 0 Å². The zero-order chi connectivity index (χ0) is 28.6. The summed E-state index contributed by atoms with van der Waals surface area (Å²) in [4.78, 5) is 9.74. The highest BCUT2D eigenvalue weighted by Gasteiger charge is 2.17. The third-order valence-corrected chi connectivity index (χ3v) is 8.02. The van der Waals surface area contributed by atoms with Gasteiger partial charge in [-0.2, -0.15) is 0 Å². The van der Waals surface area contributed by atoms with Crippen molar-refractivity contribution in [3.8, 4) is 56.0 Å². The normalized spacial score (nSPS) is 11.3. The topological polar surface area (TPSA) is 30.2 Å². The minimum absolute atomic E-state index is 0.928. The first-order valence-electron chi connectivity index (χ1n) is 14.5. The summed E-state index contributed by atoms with van der Waals surface area (Å²) in [5.41, 5.74) is 11.9. The fourth-order valence-corrected chi connectivity index (χ4v) is 5.93. The maximum atomic E-state index is 5.05. The maximum absolute atomic E-state index is 5.05. The number of benzene rings is 5. The Hall–Kier alpha value is -5.80. The first-order valence-corrected chi connectivity index (χ1v) is 14.5. The summed E-state index contributed by atoms with van der Waals surface area (Å²) >= 11 is 0. The van der Waals surface area contributed by atoms with Crippen molar-refractivity contribution in [3.05, 3.63) is 164 Å². The van der Waals surface area contributed by atoms with Gasteiger partial charge < -0.3 is 0 Å². The van der Waals surface area contributed by atoms with Gasteiger partial charge in [0.2, 0.25) is 0 Å². The highest BCUT2D eigenvalue weighted by molar-refractivity contribution is 5.90. The van der Waals surface area contributed by atoms with Crippen LogP contribution in [0.5, 0.6) is 0 Å². The smallest absolute Gasteiger partial charge is 0.137 e. The van der Waals surface area contributed by atoms with E-state index in [1.165, 1.54) is 16.3 Å². The third kappa shape index (κ3) is 4.67. The van der Waals surface area contributed by atoms with Crippen molar-refractivity contribution in [2.45, 2.75) is 0 Å². The van der Waals surface area contributed by atoms with Crippen LogP contribution in [-0.2, 0) is 0 Å². The summed E-state index contributed by atoms with van der Waals surface area (Å²) < 4.78 is 2.19. The van der Waals surface area contributed by atoms with E-state index in [1.807, 2.05) is 30.5 Å². The Morgan fingerprint density at radius 3 is 1.93 bits per heavy atom. The van der Waals surface area contributed by atoms with Gasteiger partial charge in [0, 0.05) is 29.1 Å². The second-order valence-corrected chi connectivity index (χ2v) is 10.8. The minimum atomic E-state index is 0.928. The van der Waals surface area contributed by atoms with Crippen LogP contribution in [0, 0.1) is 0 Å². The molecule has 5 aromatic carbocycles. The van der Waals surface area contributed by atoms with E-state index in [9.17, 15) is 0 Å². The number of nitrogens with zero attached hydrogens (tertiary/aromatic N) is 3. The average molecular weight is 550 g/mol. The van der Waals surface area contributed by atoms with Crippen LogP contribution in [-0.4, -0.2) is 14.4 Å². The van der Waals surface area contributed by atoms with E-state index in [0.29, 0.717) is 0 Å². The van der Waals surface area contributed by atoms with Crippen molar-refractivity contribution >= 4 is 16.4 Å². The van der Waals surface area contributed by atoms with Crippen LogP contribution < -0.4 is 0 Å². The molecule has 0 N–H and O–H groups in total. The van der Waals surface area contributed by atoms with E-state index < -0.39 is 0 Å². The van der Waals surface area contributed by atoms with Gasteiger partial charge >= 0.3 is 0 Å². The van der Waals surface area contributed by atoms with Crippen molar-refractivity contribution < 1.29 is 0 Å². The number of pyridine rings is 2. The van der Waals surface area contributed by atoms with Gasteiger partial charge in [0.15, 0.2) is 0 Å². The molecule has 0 unspecified atom stereocenters. The van der Waals surface area contributed by atoms with E-state index in [4.69, 9.17) is 9.97 Å². The zero-order valence-electron chi connectivity index (χ0n) is 23.4. The van der Waals surface area contributed by atoms with Gasteiger partial charge in [0.1, 0.15) is 5.65 Å². The summed E-state index contributed by atoms with van der Waals surface area (Å²) in [7, 11) is 0. The lowest BCUT2D eigenvalue weighted by Gasteiger charge is -2.13. The Morgan fingerprint density at radius 2 is 1.09 bits per heavy atom. The molecule has 0 radical (unpaired) electrons. The molecule has 0 saturated heterocycles. The Labute approximate surface area is 250 Å². The Balaban J connectivity index is 1.31. The van der Waals surface area contributed by atoms with Crippen molar-refractivity contribution in [1.82, 2.24) is 14.4 Å². The largest absolute Gasteiger partial charge is 0.299 e. The van der Waals surface area contributed by atoms with Crippen LogP contribution in [0.25, 0.3) is 72.4 Å². The highest BCUT2D eigenvalue weighted by Crippen LogP contribution is 2.37. The van der Waals surface area contributed by atoms with Crippen LogP contribution in [0.1, 0.15) is 0 Å². The summed E-state index contributed by atoms with van der Waals surface area (Å²) in [6.45, 7) is 0. The van der Waals surface area contributed by atoms with Gasteiger partial charge in [-0.1, -0.05) is 97.1 Å². The zero-order valence-corrected chi connectivity index (χ0v) is 23.4. The molecule has 0 atom stereocenters. The summed E-state index contributed by atoms with van der Waals surface area (Å²) in [6.07, 6.45) is 3.95. The molecule has 0 aliphatic heterocycles. The monoisotopic (exact) mass is 549 g/mol. The lowest BCUT2D eigenvalue weighted by atomic mass is 9.92. The molecular formula is C40H27N3. The molecule has 3 heterocycles. The number of fused-ring (bicyclic) bond motifs is 2. The average Bonchev–Trinajstić information content (AvgIpc) is 3.48. The van der Waals surface area contributed by atoms with Crippen molar-refractivity contribution in [1.29, 1.82) is 0 Å². The summed E-state index contributed by atoms with van der Waals surface area (Å²) in [6, 6.07) is 53.4. The van der Waals surface area contributed by atoms with Gasteiger partial charge in [-0.15, -0.1) is 0 Å². The molecule has 8 aromatic rings. The molecule has 3 aromatic heterocycles. The van der Waals surface area contributed by atoms with Gasteiger partial charge in [-0.05, 0) is 87.6 Å². The van der Waals surface area contributed by atoms with Crippen molar-refractivity contribution in [2.75, 3.05) is 0 Å². The molecule has 3 heteroatoms. The Bertz CT molecular complexity index is 2230. The molecule has 43 heavy (non-hydrogen) atoms. The molecule has 3 nitrogen and oxygen atoms in total. The highest BCUT2D eigenvalue weighted by atomic mass is 15.0. The quantitative estimate of drug-likeness (QED) is 0.214. The first kappa shape index (κ1) is 25.0. The standard InChI is InChI=1S/C40H27N3/c1-2-12-29(13-3-1)39-40(43-22-9-7-18-38(43)42-39)33-16-10-15-31(24-33)34-25-35(27-36(26-34)37-17-6-8-21-41-37)32-20-19-28-11-4-5-14-30(28)23-32/h1-27H. The van der Waals surface area contributed by atoms with Crippen LogP contribution in [0.4, 0.5) is 0 Å². The molecule has 0 aliphatic carbocycles. The molecule has 0 amide bonds. The van der Waals surface area contributed by atoms with E-state index in [2.05, 4.69) is 138 Å². The Kier molecular flexibility index (Phi) is 6.12. The second kappa shape index (κ2) is 10.6. The van der Waals surface area contributed by atoms with Gasteiger partial charge in [-0.25, -0.2) is 4.98 Å². The summed E-state index contributed by atoms with van der Waals surface area (Å²) in [5.74, 6) is 0. The predicted octanol–water partition coefficient (Wildman–Crippen LogP) is 10.2. The van der Waals surface area contributed by atoms with Crippen LogP contribution >= 0.6 is 0 Å². The Morgan fingerprint density at radius 1 is 0.419 bits per heavy atom. The van der Waals surface area contributed by atoms with Gasteiger partial charge in [-0.3, -0.25) is 9.38 Å². The SMILES string of the molecule is c1ccc(-c2nc3ccccn3c2-c2cccc(-c3cc(-c4ccc5ccccc5c4)cc(-c4ccccn4)c3)c2)cc1. The number of rotatable bonds is 5. The van der Waals surface area contributed by atoms with Gasteiger partial charge in [0.05, 0.1) is 17.1 Å². The second-order valence-electron chi connectivity index (χ2n) is 10.8. The minimum Gasteiger partial charge on any atom is -0.299 e. The fraction of sp³-hybridized carbons (Fsp3) is 0. The number of aromatic nitrogens is 3. The number of hydrogen-bond donors (Lipinski definition) is 0. The molecule has 202 valence electrons. The molecule has 0 aliphatic rings. The molecule has 0 saturated carbocycles. The van der Waals surface area contributed by atoms with Crippen molar-refractivity contribution in [3.63, 3.8) is 0 Å².